The highest BCUT2D eigenvalue weighted by Gasteiger charge is 2.96. The lowest BCUT2D eigenvalue weighted by Crippen LogP contribution is -2.73. The fraction of sp³-hybridized carbons (Fsp3) is 0.818. The van der Waals surface area contributed by atoms with Crippen molar-refractivity contribution < 1.29 is 14.7 Å². The lowest BCUT2D eigenvalue weighted by molar-refractivity contribution is -0.260. The molecule has 8 atom stereocenters. The molecule has 72 valence electrons. The lowest BCUT2D eigenvalue weighted by atomic mass is 9.32. The van der Waals surface area contributed by atoms with E-state index in [0.29, 0.717) is 29.5 Å². The smallest absolute Gasteiger partial charge is 0.311 e. The van der Waals surface area contributed by atoms with Gasteiger partial charge in [-0.2, -0.15) is 0 Å². The van der Waals surface area contributed by atoms with E-state index in [1.54, 1.807) is 0 Å². The van der Waals surface area contributed by atoms with Gasteiger partial charge in [0.2, 0.25) is 0 Å². The van der Waals surface area contributed by atoms with Crippen molar-refractivity contribution in [2.45, 2.75) is 6.42 Å². The van der Waals surface area contributed by atoms with Gasteiger partial charge >= 0.3 is 5.97 Å². The van der Waals surface area contributed by atoms with E-state index in [1.807, 2.05) is 0 Å². The summed E-state index contributed by atoms with van der Waals surface area (Å²) in [5, 5.41) is 9.34. The lowest BCUT2D eigenvalue weighted by Gasteiger charge is -2.69. The minimum atomic E-state index is -0.666. The second-order valence-corrected chi connectivity index (χ2v) is 5.84. The molecular formula is C11H10O3. The average Bonchev–Trinajstić information content (AvgIpc) is 2.58. The third-order valence-electron chi connectivity index (χ3n) is 6.23. The Morgan fingerprint density at radius 1 is 1.36 bits per heavy atom. The Balaban J connectivity index is 1.84. The number of ketones is 1. The molecule has 3 nitrogen and oxygen atoms in total. The normalized spacial score (nSPS) is 73.7. The molecule has 14 heavy (non-hydrogen) atoms. The first-order valence-corrected chi connectivity index (χ1v) is 5.48. The fourth-order valence-corrected chi connectivity index (χ4v) is 6.39. The highest BCUT2D eigenvalue weighted by atomic mass is 16.4. The number of hydrogen-bond acceptors (Lipinski definition) is 2. The van der Waals surface area contributed by atoms with Gasteiger partial charge in [0.05, 0.1) is 5.41 Å². The molecule has 6 aliphatic carbocycles. The molecule has 6 aliphatic rings. The van der Waals surface area contributed by atoms with Crippen molar-refractivity contribution in [3.63, 3.8) is 0 Å². The summed E-state index contributed by atoms with van der Waals surface area (Å²) in [6.45, 7) is 0. The van der Waals surface area contributed by atoms with Crippen LogP contribution in [0, 0.1) is 46.8 Å². The first-order chi connectivity index (χ1) is 6.70. The van der Waals surface area contributed by atoms with Gasteiger partial charge in [-0.15, -0.1) is 0 Å². The molecule has 6 rings (SSSR count). The van der Waals surface area contributed by atoms with Crippen LogP contribution in [0.2, 0.25) is 0 Å². The molecule has 0 unspecified atom stereocenters. The Bertz CT molecular complexity index is 428. The van der Waals surface area contributed by atoms with Crippen LogP contribution in [0.5, 0.6) is 0 Å². The molecule has 0 saturated heterocycles. The molecule has 0 amide bonds. The summed E-state index contributed by atoms with van der Waals surface area (Å²) >= 11 is 0. The predicted octanol–water partition coefficient (Wildman–Crippen LogP) is 0.398. The summed E-state index contributed by atoms with van der Waals surface area (Å²) in [4.78, 5) is 23.3. The van der Waals surface area contributed by atoms with Crippen LogP contribution in [-0.2, 0) is 9.59 Å². The summed E-state index contributed by atoms with van der Waals surface area (Å²) in [6.07, 6.45) is 1.17. The zero-order valence-electron chi connectivity index (χ0n) is 7.51. The summed E-state index contributed by atoms with van der Waals surface area (Å²) in [7, 11) is 0. The van der Waals surface area contributed by atoms with E-state index < -0.39 is 11.4 Å². The minimum Gasteiger partial charge on any atom is -0.481 e. The maximum Gasteiger partial charge on any atom is 0.311 e. The van der Waals surface area contributed by atoms with E-state index in [9.17, 15) is 14.7 Å². The van der Waals surface area contributed by atoms with Gasteiger partial charge in [0.1, 0.15) is 5.78 Å². The van der Waals surface area contributed by atoms with E-state index in [0.717, 1.165) is 0 Å². The maximum atomic E-state index is 11.9. The second kappa shape index (κ2) is 1.37. The highest BCUT2D eigenvalue weighted by Crippen LogP contribution is 2.92. The van der Waals surface area contributed by atoms with Gasteiger partial charge < -0.3 is 5.11 Å². The topological polar surface area (TPSA) is 54.4 Å². The molecule has 0 aromatic heterocycles. The SMILES string of the molecule is O=C1[C@H]2[C@H]3C[C@H]4[C@@H]2[C@@]2(C(=O)O)[C@@H]4[C@H]3[C@@H]12. The number of hydrogen-bond donors (Lipinski definition) is 1. The van der Waals surface area contributed by atoms with Crippen LogP contribution < -0.4 is 0 Å². The quantitative estimate of drug-likeness (QED) is 0.651. The number of aliphatic carboxylic acids is 1. The number of carbonyl (C=O) groups excluding carboxylic acids is 1. The molecule has 0 radical (unpaired) electrons. The maximum absolute atomic E-state index is 11.9. The van der Waals surface area contributed by atoms with E-state index in [-0.39, 0.29) is 17.8 Å². The zero-order chi connectivity index (χ0) is 9.40. The van der Waals surface area contributed by atoms with Crippen LogP contribution in [0.4, 0.5) is 0 Å². The van der Waals surface area contributed by atoms with Crippen molar-refractivity contribution in [2.24, 2.45) is 46.8 Å². The Morgan fingerprint density at radius 3 is 2.79 bits per heavy atom. The van der Waals surface area contributed by atoms with Crippen LogP contribution in [0.3, 0.4) is 0 Å². The van der Waals surface area contributed by atoms with Crippen molar-refractivity contribution in [2.75, 3.05) is 0 Å². The van der Waals surface area contributed by atoms with Gasteiger partial charge in [-0.3, -0.25) is 9.59 Å². The van der Waals surface area contributed by atoms with Crippen molar-refractivity contribution in [1.29, 1.82) is 0 Å². The van der Waals surface area contributed by atoms with Crippen LogP contribution >= 0.6 is 0 Å². The Labute approximate surface area is 80.5 Å². The van der Waals surface area contributed by atoms with E-state index in [2.05, 4.69) is 0 Å². The first-order valence-electron chi connectivity index (χ1n) is 5.48. The van der Waals surface area contributed by atoms with Crippen molar-refractivity contribution >= 4 is 11.8 Å². The van der Waals surface area contributed by atoms with E-state index in [4.69, 9.17) is 0 Å². The summed E-state index contributed by atoms with van der Waals surface area (Å²) < 4.78 is 0. The van der Waals surface area contributed by atoms with E-state index in [1.165, 1.54) is 6.42 Å². The number of Topliss-reactive ketones (excluding diaryl/α,β-unsaturated/α-hetero) is 1. The third-order valence-corrected chi connectivity index (χ3v) is 6.23. The monoisotopic (exact) mass is 190 g/mol. The summed E-state index contributed by atoms with van der Waals surface area (Å²) in [5.74, 6) is 2.17. The van der Waals surface area contributed by atoms with Gasteiger partial charge in [0.25, 0.3) is 0 Å². The fourth-order valence-electron chi connectivity index (χ4n) is 6.39. The Kier molecular flexibility index (Phi) is 0.646. The third kappa shape index (κ3) is 0.287. The molecular weight excluding hydrogens is 180 g/mol. The standard InChI is InChI=1S/C11H10O3/c12-9-5-2-1-3-6-4(2)8(9)11(6,7(3)5)10(13)14/h2-8H,1H2,(H,13,14)/t2-,3+,4-,5-,6-,7-,8-,11-/m0/s1. The molecule has 3 heteroatoms. The van der Waals surface area contributed by atoms with E-state index >= 15 is 0 Å². The van der Waals surface area contributed by atoms with Crippen LogP contribution in [0.15, 0.2) is 0 Å². The van der Waals surface area contributed by atoms with Crippen molar-refractivity contribution in [3.05, 3.63) is 0 Å². The predicted molar refractivity (Wildman–Crippen MR) is 44.1 cm³/mol. The van der Waals surface area contributed by atoms with Gasteiger partial charge in [-0.05, 0) is 36.0 Å². The number of carbonyl (C=O) groups is 2. The van der Waals surface area contributed by atoms with Gasteiger partial charge in [0.15, 0.2) is 0 Å². The van der Waals surface area contributed by atoms with Crippen molar-refractivity contribution in [3.8, 4) is 0 Å². The molecule has 1 N–H and O–H groups in total. The molecule has 0 aromatic carbocycles. The van der Waals surface area contributed by atoms with Gasteiger partial charge in [0, 0.05) is 11.8 Å². The molecule has 0 spiro atoms. The molecule has 6 saturated carbocycles. The molecule has 0 aliphatic heterocycles. The number of rotatable bonds is 1. The second-order valence-electron chi connectivity index (χ2n) is 5.84. The van der Waals surface area contributed by atoms with Crippen molar-refractivity contribution in [1.82, 2.24) is 0 Å². The first kappa shape index (κ1) is 6.59. The highest BCUT2D eigenvalue weighted by molar-refractivity contribution is 6.02. The van der Waals surface area contributed by atoms with Gasteiger partial charge in [-0.25, -0.2) is 0 Å². The molecule has 0 heterocycles. The average molecular weight is 190 g/mol. The van der Waals surface area contributed by atoms with Crippen LogP contribution in [0.25, 0.3) is 0 Å². The number of carboxylic acids is 1. The van der Waals surface area contributed by atoms with Gasteiger partial charge in [-0.1, -0.05) is 0 Å². The minimum absolute atomic E-state index is 0.0521. The van der Waals surface area contributed by atoms with Crippen LogP contribution in [0.1, 0.15) is 6.42 Å². The zero-order valence-corrected chi connectivity index (χ0v) is 7.51. The molecule has 6 fully saturated rings. The summed E-state index contributed by atoms with van der Waals surface area (Å²) in [5.41, 5.74) is -0.538. The van der Waals surface area contributed by atoms with Crippen LogP contribution in [-0.4, -0.2) is 16.9 Å². The largest absolute Gasteiger partial charge is 0.481 e. The summed E-state index contributed by atoms with van der Waals surface area (Å²) in [6, 6.07) is 0. The molecule has 0 aromatic rings. The molecule has 4 bridgehead atoms. The number of carboxylic acid groups (broad SMARTS) is 1. The Morgan fingerprint density at radius 2 is 2.14 bits per heavy atom. The Hall–Kier alpha value is -0.860.